The minimum absolute atomic E-state index is 0.169. The number of carbonyl (C=O) groups excluding carboxylic acids is 1. The molecule has 1 aromatic heterocycles. The Balaban J connectivity index is 2.07. The van der Waals surface area contributed by atoms with Crippen molar-refractivity contribution in [3.8, 4) is 5.75 Å². The number of phenolic OH excluding ortho intramolecular Hbond substituents is 1. The molecule has 2 aromatic rings. The van der Waals surface area contributed by atoms with Gasteiger partial charge in [-0.25, -0.2) is 0 Å². The maximum absolute atomic E-state index is 11.9. The van der Waals surface area contributed by atoms with E-state index in [1.807, 2.05) is 0 Å². The van der Waals surface area contributed by atoms with Gasteiger partial charge in [-0.2, -0.15) is 0 Å². The molecule has 1 heterocycles. The molecule has 0 saturated heterocycles. The first-order valence-electron chi connectivity index (χ1n) is 5.45. The molecule has 0 unspecified atom stereocenters. The predicted molar refractivity (Wildman–Crippen MR) is 69.3 cm³/mol. The summed E-state index contributed by atoms with van der Waals surface area (Å²) in [7, 11) is 1.67. The Hall–Kier alpha value is -2.49. The fourth-order valence-corrected chi connectivity index (χ4v) is 1.45. The number of carbonyl (C=O) groups is 1. The molecule has 0 fully saturated rings. The standard InChI is InChI=1S/C14H13NO3/c1-15(11-4-6-12(16)7-5-11)14(17)9-8-13-3-2-10-18-13/h2-10,16H,1H3/b9-8+. The van der Waals surface area contributed by atoms with Gasteiger partial charge in [-0.3, -0.25) is 4.79 Å². The third-order valence-corrected chi connectivity index (χ3v) is 2.50. The van der Waals surface area contributed by atoms with Crippen molar-refractivity contribution in [3.05, 3.63) is 54.5 Å². The number of rotatable bonds is 3. The van der Waals surface area contributed by atoms with E-state index in [1.54, 1.807) is 43.7 Å². The Kier molecular flexibility index (Phi) is 3.48. The molecule has 0 radical (unpaired) electrons. The first kappa shape index (κ1) is 12.0. The van der Waals surface area contributed by atoms with E-state index in [0.29, 0.717) is 11.4 Å². The van der Waals surface area contributed by atoms with Crippen LogP contribution in [0.1, 0.15) is 5.76 Å². The maximum Gasteiger partial charge on any atom is 0.250 e. The Morgan fingerprint density at radius 3 is 2.61 bits per heavy atom. The number of likely N-dealkylation sites (N-methyl/N-ethyl adjacent to an activating group) is 1. The molecule has 0 saturated carbocycles. The molecule has 0 aliphatic heterocycles. The van der Waals surface area contributed by atoms with Gasteiger partial charge in [0.05, 0.1) is 6.26 Å². The smallest absolute Gasteiger partial charge is 0.250 e. The van der Waals surface area contributed by atoms with Gasteiger partial charge in [0.25, 0.3) is 5.91 Å². The van der Waals surface area contributed by atoms with Crippen molar-refractivity contribution in [3.63, 3.8) is 0 Å². The lowest BCUT2D eigenvalue weighted by molar-refractivity contribution is -0.113. The summed E-state index contributed by atoms with van der Waals surface area (Å²) in [5.74, 6) is 0.630. The third kappa shape index (κ3) is 2.79. The van der Waals surface area contributed by atoms with E-state index in [9.17, 15) is 9.90 Å². The van der Waals surface area contributed by atoms with Crippen LogP contribution in [0.15, 0.2) is 53.2 Å². The van der Waals surface area contributed by atoms with Gasteiger partial charge in [-0.05, 0) is 42.5 Å². The SMILES string of the molecule is CN(C(=O)/C=C/c1ccco1)c1ccc(O)cc1. The Bertz CT molecular complexity index is 541. The van der Waals surface area contributed by atoms with E-state index in [1.165, 1.54) is 23.1 Å². The van der Waals surface area contributed by atoms with Crippen LogP contribution in [-0.4, -0.2) is 18.1 Å². The van der Waals surface area contributed by atoms with Crippen molar-refractivity contribution >= 4 is 17.7 Å². The minimum Gasteiger partial charge on any atom is -0.508 e. The van der Waals surface area contributed by atoms with Crippen molar-refractivity contribution in [2.45, 2.75) is 0 Å². The molecule has 0 bridgehead atoms. The largest absolute Gasteiger partial charge is 0.508 e. The number of nitrogens with zero attached hydrogens (tertiary/aromatic N) is 1. The second-order valence-electron chi connectivity index (χ2n) is 3.76. The number of hydrogen-bond donors (Lipinski definition) is 1. The lowest BCUT2D eigenvalue weighted by Gasteiger charge is -2.14. The number of hydrogen-bond acceptors (Lipinski definition) is 3. The average Bonchev–Trinajstić information content (AvgIpc) is 2.89. The summed E-state index contributed by atoms with van der Waals surface area (Å²) >= 11 is 0. The van der Waals surface area contributed by atoms with Crippen molar-refractivity contribution in [2.75, 3.05) is 11.9 Å². The summed E-state index contributed by atoms with van der Waals surface area (Å²) < 4.78 is 5.09. The molecular weight excluding hydrogens is 230 g/mol. The van der Waals surface area contributed by atoms with Gasteiger partial charge in [0.15, 0.2) is 0 Å². The maximum atomic E-state index is 11.9. The van der Waals surface area contributed by atoms with E-state index in [0.717, 1.165) is 0 Å². The van der Waals surface area contributed by atoms with Crippen LogP contribution >= 0.6 is 0 Å². The predicted octanol–water partition coefficient (Wildman–Crippen LogP) is 2.66. The molecule has 1 amide bonds. The zero-order valence-electron chi connectivity index (χ0n) is 9.91. The first-order chi connectivity index (χ1) is 8.66. The molecule has 1 N–H and O–H groups in total. The number of aromatic hydroxyl groups is 1. The highest BCUT2D eigenvalue weighted by Crippen LogP contribution is 2.17. The lowest BCUT2D eigenvalue weighted by atomic mass is 10.2. The van der Waals surface area contributed by atoms with Crippen LogP contribution < -0.4 is 4.90 Å². The molecule has 1 aromatic carbocycles. The van der Waals surface area contributed by atoms with Crippen molar-refractivity contribution < 1.29 is 14.3 Å². The highest BCUT2D eigenvalue weighted by Gasteiger charge is 2.07. The van der Waals surface area contributed by atoms with Crippen LogP contribution in [0, 0.1) is 0 Å². The fourth-order valence-electron chi connectivity index (χ4n) is 1.45. The molecule has 0 spiro atoms. The Morgan fingerprint density at radius 2 is 2.00 bits per heavy atom. The minimum atomic E-state index is -0.169. The van der Waals surface area contributed by atoms with E-state index >= 15 is 0 Å². The Labute approximate surface area is 105 Å². The zero-order valence-corrected chi connectivity index (χ0v) is 9.91. The number of anilines is 1. The van der Waals surface area contributed by atoms with Gasteiger partial charge in [-0.1, -0.05) is 0 Å². The van der Waals surface area contributed by atoms with Crippen LogP contribution in [0.3, 0.4) is 0 Å². The quantitative estimate of drug-likeness (QED) is 0.843. The summed E-state index contributed by atoms with van der Waals surface area (Å²) in [5, 5.41) is 9.18. The molecule has 2 rings (SSSR count). The van der Waals surface area contributed by atoms with E-state index in [2.05, 4.69) is 0 Å². The molecule has 0 aliphatic rings. The second kappa shape index (κ2) is 5.23. The van der Waals surface area contributed by atoms with Crippen molar-refractivity contribution in [2.24, 2.45) is 0 Å². The molecule has 92 valence electrons. The van der Waals surface area contributed by atoms with Crippen LogP contribution in [-0.2, 0) is 4.79 Å². The molecule has 0 atom stereocenters. The molecular formula is C14H13NO3. The number of furan rings is 1. The summed E-state index contributed by atoms with van der Waals surface area (Å²) in [4.78, 5) is 13.3. The van der Waals surface area contributed by atoms with Gasteiger partial charge in [-0.15, -0.1) is 0 Å². The number of benzene rings is 1. The third-order valence-electron chi connectivity index (χ3n) is 2.50. The van der Waals surface area contributed by atoms with Gasteiger partial charge in [0.2, 0.25) is 0 Å². The van der Waals surface area contributed by atoms with Gasteiger partial charge < -0.3 is 14.4 Å². The van der Waals surface area contributed by atoms with Gasteiger partial charge >= 0.3 is 0 Å². The summed E-state index contributed by atoms with van der Waals surface area (Å²) in [5.41, 5.74) is 0.710. The van der Waals surface area contributed by atoms with E-state index in [-0.39, 0.29) is 11.7 Å². The zero-order chi connectivity index (χ0) is 13.0. The van der Waals surface area contributed by atoms with Crippen LogP contribution in [0.2, 0.25) is 0 Å². The molecule has 18 heavy (non-hydrogen) atoms. The first-order valence-corrected chi connectivity index (χ1v) is 5.45. The van der Waals surface area contributed by atoms with Crippen LogP contribution in [0.25, 0.3) is 6.08 Å². The lowest BCUT2D eigenvalue weighted by Crippen LogP contribution is -2.23. The normalized spacial score (nSPS) is 10.7. The van der Waals surface area contributed by atoms with Crippen LogP contribution in [0.5, 0.6) is 5.75 Å². The van der Waals surface area contributed by atoms with Gasteiger partial charge in [0, 0.05) is 18.8 Å². The fraction of sp³-hybridized carbons (Fsp3) is 0.0714. The number of phenols is 1. The average molecular weight is 243 g/mol. The summed E-state index contributed by atoms with van der Waals surface area (Å²) in [6.07, 6.45) is 4.60. The van der Waals surface area contributed by atoms with Crippen LogP contribution in [0.4, 0.5) is 5.69 Å². The van der Waals surface area contributed by atoms with E-state index in [4.69, 9.17) is 4.42 Å². The summed E-state index contributed by atoms with van der Waals surface area (Å²) in [6.45, 7) is 0. The van der Waals surface area contributed by atoms with Crippen molar-refractivity contribution in [1.29, 1.82) is 0 Å². The molecule has 4 heteroatoms. The van der Waals surface area contributed by atoms with E-state index < -0.39 is 0 Å². The molecule has 0 aliphatic carbocycles. The Morgan fingerprint density at radius 1 is 1.28 bits per heavy atom. The topological polar surface area (TPSA) is 53.7 Å². The highest BCUT2D eigenvalue weighted by molar-refractivity contribution is 6.03. The molecule has 4 nitrogen and oxygen atoms in total. The summed E-state index contributed by atoms with van der Waals surface area (Å²) in [6, 6.07) is 9.95. The van der Waals surface area contributed by atoms with Crippen molar-refractivity contribution in [1.82, 2.24) is 0 Å². The second-order valence-corrected chi connectivity index (χ2v) is 3.76. The van der Waals surface area contributed by atoms with Gasteiger partial charge in [0.1, 0.15) is 11.5 Å². The number of amides is 1. The highest BCUT2D eigenvalue weighted by atomic mass is 16.3. The monoisotopic (exact) mass is 243 g/mol.